The van der Waals surface area contributed by atoms with Gasteiger partial charge in [0.05, 0.1) is 6.10 Å². The smallest absolute Gasteiger partial charge is 0.134 e. The average Bonchev–Trinajstić information content (AvgIpc) is 2.72. The lowest BCUT2D eigenvalue weighted by atomic mass is 9.92. The largest absolute Gasteiger partial charge is 0.369 e. The lowest BCUT2D eigenvalue weighted by Crippen LogP contribution is -2.41. The van der Waals surface area contributed by atoms with Crippen LogP contribution in [-0.2, 0) is 18.4 Å². The molecule has 1 aliphatic rings. The second-order valence-corrected chi connectivity index (χ2v) is 4.48. The number of ether oxygens (including phenoxy) is 1. The Kier molecular flexibility index (Phi) is 3.96. The van der Waals surface area contributed by atoms with Gasteiger partial charge in [-0.05, 0) is 19.9 Å². The standard InChI is InChI=1S/C12H21N3O/c1-13-10-5-3-4-6-11(10)16-9-12-14-7-8-15(12)2/h7-8,10-11,13H,3-6,9H2,1-2H3. The fourth-order valence-electron chi connectivity index (χ4n) is 2.34. The molecule has 1 aliphatic carbocycles. The molecule has 0 aliphatic heterocycles. The molecule has 0 radical (unpaired) electrons. The van der Waals surface area contributed by atoms with Crippen molar-refractivity contribution in [3.05, 3.63) is 18.2 Å². The molecule has 1 saturated carbocycles. The Balaban J connectivity index is 1.86. The molecule has 2 atom stereocenters. The first-order chi connectivity index (χ1) is 7.81. The number of aromatic nitrogens is 2. The number of aryl methyl sites for hydroxylation is 1. The second-order valence-electron chi connectivity index (χ2n) is 4.48. The zero-order valence-corrected chi connectivity index (χ0v) is 10.1. The summed E-state index contributed by atoms with van der Waals surface area (Å²) in [6.07, 6.45) is 9.09. The normalized spacial score (nSPS) is 25.9. The van der Waals surface area contributed by atoms with Crippen molar-refractivity contribution in [2.75, 3.05) is 7.05 Å². The molecule has 4 nitrogen and oxygen atoms in total. The highest BCUT2D eigenvalue weighted by Gasteiger charge is 2.24. The summed E-state index contributed by atoms with van der Waals surface area (Å²) in [5.74, 6) is 1.00. The highest BCUT2D eigenvalue weighted by atomic mass is 16.5. The highest BCUT2D eigenvalue weighted by Crippen LogP contribution is 2.21. The number of nitrogens with zero attached hydrogens (tertiary/aromatic N) is 2. The Hall–Kier alpha value is -0.870. The molecule has 90 valence electrons. The summed E-state index contributed by atoms with van der Waals surface area (Å²) >= 11 is 0. The Labute approximate surface area is 97.0 Å². The van der Waals surface area contributed by atoms with Crippen molar-refractivity contribution in [3.63, 3.8) is 0 Å². The molecule has 0 amide bonds. The molecule has 0 saturated heterocycles. The Morgan fingerprint density at radius 1 is 1.50 bits per heavy atom. The summed E-state index contributed by atoms with van der Waals surface area (Å²) in [4.78, 5) is 4.27. The molecular weight excluding hydrogens is 202 g/mol. The van der Waals surface area contributed by atoms with Crippen LogP contribution in [0.25, 0.3) is 0 Å². The summed E-state index contributed by atoms with van der Waals surface area (Å²) in [7, 11) is 4.02. The van der Waals surface area contributed by atoms with Gasteiger partial charge in [-0.2, -0.15) is 0 Å². The van der Waals surface area contributed by atoms with Gasteiger partial charge in [-0.15, -0.1) is 0 Å². The highest BCUT2D eigenvalue weighted by molar-refractivity contribution is 4.89. The fourth-order valence-corrected chi connectivity index (χ4v) is 2.34. The molecule has 1 fully saturated rings. The molecule has 2 unspecified atom stereocenters. The first-order valence-corrected chi connectivity index (χ1v) is 6.06. The van der Waals surface area contributed by atoms with Crippen LogP contribution in [-0.4, -0.2) is 28.7 Å². The summed E-state index contributed by atoms with van der Waals surface area (Å²) < 4.78 is 7.98. The first-order valence-electron chi connectivity index (χ1n) is 6.06. The van der Waals surface area contributed by atoms with Gasteiger partial charge in [0.15, 0.2) is 0 Å². The minimum atomic E-state index is 0.343. The summed E-state index contributed by atoms with van der Waals surface area (Å²) in [6.45, 7) is 0.617. The number of hydrogen-bond acceptors (Lipinski definition) is 3. The lowest BCUT2D eigenvalue weighted by molar-refractivity contribution is -0.00734. The van der Waals surface area contributed by atoms with Gasteiger partial charge in [-0.1, -0.05) is 12.8 Å². The van der Waals surface area contributed by atoms with Crippen LogP contribution in [0, 0.1) is 0 Å². The van der Waals surface area contributed by atoms with Crippen LogP contribution in [0.4, 0.5) is 0 Å². The van der Waals surface area contributed by atoms with E-state index in [-0.39, 0.29) is 0 Å². The van der Waals surface area contributed by atoms with Crippen molar-refractivity contribution in [2.45, 2.75) is 44.4 Å². The van der Waals surface area contributed by atoms with Gasteiger partial charge < -0.3 is 14.6 Å². The van der Waals surface area contributed by atoms with Crippen LogP contribution in [0.5, 0.6) is 0 Å². The fraction of sp³-hybridized carbons (Fsp3) is 0.750. The molecule has 0 bridgehead atoms. The van der Waals surface area contributed by atoms with Crippen molar-refractivity contribution in [2.24, 2.45) is 7.05 Å². The van der Waals surface area contributed by atoms with E-state index in [9.17, 15) is 0 Å². The zero-order chi connectivity index (χ0) is 11.4. The van der Waals surface area contributed by atoms with Gasteiger partial charge in [0.2, 0.25) is 0 Å². The average molecular weight is 223 g/mol. The predicted octanol–water partition coefficient (Wildman–Crippen LogP) is 1.47. The third kappa shape index (κ3) is 2.62. The lowest BCUT2D eigenvalue weighted by Gasteiger charge is -2.31. The van der Waals surface area contributed by atoms with Gasteiger partial charge in [-0.25, -0.2) is 4.98 Å². The first kappa shape index (κ1) is 11.6. The molecular formula is C12H21N3O. The molecule has 4 heteroatoms. The maximum atomic E-state index is 5.97. The Morgan fingerprint density at radius 2 is 2.31 bits per heavy atom. The topological polar surface area (TPSA) is 39.1 Å². The third-order valence-corrected chi connectivity index (χ3v) is 3.42. The molecule has 16 heavy (non-hydrogen) atoms. The van der Waals surface area contributed by atoms with E-state index in [1.165, 1.54) is 19.3 Å². The molecule has 2 rings (SSSR count). The Morgan fingerprint density at radius 3 is 3.00 bits per heavy atom. The van der Waals surface area contributed by atoms with Gasteiger partial charge in [0, 0.05) is 25.5 Å². The SMILES string of the molecule is CNC1CCCCC1OCc1nccn1C. The molecule has 1 N–H and O–H groups in total. The van der Waals surface area contributed by atoms with E-state index in [2.05, 4.69) is 10.3 Å². The summed E-state index contributed by atoms with van der Waals surface area (Å²) in [5.41, 5.74) is 0. The molecule has 1 aromatic rings. The van der Waals surface area contributed by atoms with Crippen molar-refractivity contribution in [3.8, 4) is 0 Å². The van der Waals surface area contributed by atoms with E-state index in [0.717, 1.165) is 12.2 Å². The van der Waals surface area contributed by atoms with E-state index >= 15 is 0 Å². The molecule has 0 aromatic carbocycles. The van der Waals surface area contributed by atoms with Crippen molar-refractivity contribution >= 4 is 0 Å². The van der Waals surface area contributed by atoms with Crippen LogP contribution in [0.3, 0.4) is 0 Å². The molecule has 1 heterocycles. The van der Waals surface area contributed by atoms with Gasteiger partial charge in [0.25, 0.3) is 0 Å². The summed E-state index contributed by atoms with van der Waals surface area (Å²) in [6, 6.07) is 0.508. The third-order valence-electron chi connectivity index (χ3n) is 3.42. The molecule has 0 spiro atoms. The van der Waals surface area contributed by atoms with Crippen LogP contribution in [0.1, 0.15) is 31.5 Å². The predicted molar refractivity (Wildman–Crippen MR) is 63.1 cm³/mol. The maximum Gasteiger partial charge on any atom is 0.134 e. The molecule has 1 aromatic heterocycles. The van der Waals surface area contributed by atoms with Crippen LogP contribution in [0.15, 0.2) is 12.4 Å². The van der Waals surface area contributed by atoms with Crippen LogP contribution < -0.4 is 5.32 Å². The number of likely N-dealkylation sites (N-methyl/N-ethyl adjacent to an activating group) is 1. The van der Waals surface area contributed by atoms with Gasteiger partial charge >= 0.3 is 0 Å². The van der Waals surface area contributed by atoms with Crippen molar-refractivity contribution in [1.82, 2.24) is 14.9 Å². The van der Waals surface area contributed by atoms with Crippen LogP contribution in [0.2, 0.25) is 0 Å². The van der Waals surface area contributed by atoms with Crippen molar-refractivity contribution in [1.29, 1.82) is 0 Å². The number of imidazole rings is 1. The van der Waals surface area contributed by atoms with E-state index in [4.69, 9.17) is 4.74 Å². The van der Waals surface area contributed by atoms with Gasteiger partial charge in [-0.3, -0.25) is 0 Å². The number of hydrogen-bond donors (Lipinski definition) is 1. The number of rotatable bonds is 4. The van der Waals surface area contributed by atoms with Crippen LogP contribution >= 0.6 is 0 Å². The monoisotopic (exact) mass is 223 g/mol. The minimum Gasteiger partial charge on any atom is -0.369 e. The van der Waals surface area contributed by atoms with Gasteiger partial charge in [0.1, 0.15) is 12.4 Å². The second kappa shape index (κ2) is 5.46. The maximum absolute atomic E-state index is 5.97. The Bertz CT molecular complexity index is 324. The summed E-state index contributed by atoms with van der Waals surface area (Å²) in [5, 5.41) is 3.35. The zero-order valence-electron chi connectivity index (χ0n) is 10.1. The van der Waals surface area contributed by atoms with E-state index in [1.807, 2.05) is 31.1 Å². The minimum absolute atomic E-state index is 0.343. The van der Waals surface area contributed by atoms with E-state index in [0.29, 0.717) is 18.8 Å². The van der Waals surface area contributed by atoms with Crippen molar-refractivity contribution < 1.29 is 4.74 Å². The van der Waals surface area contributed by atoms with E-state index in [1.54, 1.807) is 0 Å². The van der Waals surface area contributed by atoms with E-state index < -0.39 is 0 Å². The quantitative estimate of drug-likeness (QED) is 0.840. The number of nitrogens with one attached hydrogen (secondary N) is 1.